The molecule has 2 aromatic carbocycles. The first-order valence-corrected chi connectivity index (χ1v) is 8.08. The largest absolute Gasteiger partial charge is 0.478 e. The van der Waals surface area contributed by atoms with E-state index in [2.05, 4.69) is 23.2 Å². The third-order valence-electron chi connectivity index (χ3n) is 4.51. The van der Waals surface area contributed by atoms with Gasteiger partial charge in [0.2, 0.25) is 0 Å². The maximum atomic E-state index is 12.7. The zero-order chi connectivity index (χ0) is 17.6. The van der Waals surface area contributed by atoms with Crippen molar-refractivity contribution in [3.63, 3.8) is 0 Å². The van der Waals surface area contributed by atoms with Crippen LogP contribution in [0.4, 0.5) is 0 Å². The molecule has 5 heteroatoms. The standard InChI is InChI=1S/C20H16N2O3/c1-12-2-4-13(5-3-12)10-14-8-9-22-18(14)21-17-7-6-15(20(24)25)11-16(17)19(22)23/h2-7,10-11H,8-9H2,1H3,(H,24,25)/b14-10+. The average Bonchev–Trinajstić information content (AvgIpc) is 3.00. The molecule has 0 bridgehead atoms. The summed E-state index contributed by atoms with van der Waals surface area (Å²) in [5, 5.41) is 9.46. The van der Waals surface area contributed by atoms with Gasteiger partial charge in [0.1, 0.15) is 5.82 Å². The summed E-state index contributed by atoms with van der Waals surface area (Å²) in [7, 11) is 0. The van der Waals surface area contributed by atoms with E-state index < -0.39 is 5.97 Å². The van der Waals surface area contributed by atoms with Crippen LogP contribution < -0.4 is 5.56 Å². The number of carbonyl (C=O) groups is 1. The van der Waals surface area contributed by atoms with Crippen LogP contribution in [-0.4, -0.2) is 20.6 Å². The first-order valence-electron chi connectivity index (χ1n) is 8.08. The van der Waals surface area contributed by atoms with E-state index in [1.54, 1.807) is 10.6 Å². The summed E-state index contributed by atoms with van der Waals surface area (Å²) < 4.78 is 1.63. The lowest BCUT2D eigenvalue weighted by Crippen LogP contribution is -2.21. The van der Waals surface area contributed by atoms with Crippen LogP contribution in [0.25, 0.3) is 22.6 Å². The number of allylic oxidation sites excluding steroid dienone is 1. The van der Waals surface area contributed by atoms with Gasteiger partial charge < -0.3 is 5.11 Å². The monoisotopic (exact) mass is 332 g/mol. The van der Waals surface area contributed by atoms with Crippen molar-refractivity contribution in [2.24, 2.45) is 0 Å². The summed E-state index contributed by atoms with van der Waals surface area (Å²) in [6.45, 7) is 2.60. The van der Waals surface area contributed by atoms with Crippen molar-refractivity contribution < 1.29 is 9.90 Å². The van der Waals surface area contributed by atoms with E-state index in [0.29, 0.717) is 23.3 Å². The minimum atomic E-state index is -1.05. The van der Waals surface area contributed by atoms with Crippen LogP contribution in [0.5, 0.6) is 0 Å². The molecule has 1 N–H and O–H groups in total. The predicted octanol–water partition coefficient (Wildman–Crippen LogP) is 3.35. The molecule has 0 atom stereocenters. The fourth-order valence-corrected chi connectivity index (χ4v) is 3.15. The topological polar surface area (TPSA) is 72.2 Å². The molecular formula is C20H16N2O3. The predicted molar refractivity (Wildman–Crippen MR) is 96.6 cm³/mol. The second-order valence-electron chi connectivity index (χ2n) is 6.26. The van der Waals surface area contributed by atoms with Gasteiger partial charge in [0, 0.05) is 6.54 Å². The molecular weight excluding hydrogens is 316 g/mol. The first-order chi connectivity index (χ1) is 12.0. The summed E-state index contributed by atoms with van der Waals surface area (Å²) in [5.74, 6) is -0.382. The van der Waals surface area contributed by atoms with Crippen LogP contribution in [-0.2, 0) is 6.54 Å². The molecule has 5 nitrogen and oxygen atoms in total. The SMILES string of the molecule is Cc1ccc(/C=C2\CCn3c2nc2ccc(C(=O)O)cc2c3=O)cc1. The number of hydrogen-bond acceptors (Lipinski definition) is 3. The Morgan fingerprint density at radius 2 is 1.96 bits per heavy atom. The Bertz CT molecular complexity index is 1090. The van der Waals surface area contributed by atoms with Gasteiger partial charge in [-0.2, -0.15) is 0 Å². The molecule has 0 saturated heterocycles. The normalized spacial score (nSPS) is 14.8. The fraction of sp³-hybridized carbons (Fsp3) is 0.150. The summed E-state index contributed by atoms with van der Waals surface area (Å²) >= 11 is 0. The van der Waals surface area contributed by atoms with E-state index in [1.807, 2.05) is 19.1 Å². The van der Waals surface area contributed by atoms with E-state index in [9.17, 15) is 9.59 Å². The molecule has 1 aromatic heterocycles. The van der Waals surface area contributed by atoms with Crippen molar-refractivity contribution in [1.82, 2.24) is 9.55 Å². The van der Waals surface area contributed by atoms with Crippen LogP contribution in [0.15, 0.2) is 47.3 Å². The summed E-state index contributed by atoms with van der Waals surface area (Å²) in [6, 6.07) is 12.7. The van der Waals surface area contributed by atoms with E-state index in [0.717, 1.165) is 17.6 Å². The highest BCUT2D eigenvalue weighted by Gasteiger charge is 2.21. The second kappa shape index (κ2) is 5.70. The molecule has 124 valence electrons. The van der Waals surface area contributed by atoms with Gasteiger partial charge in [0.25, 0.3) is 5.56 Å². The number of nitrogens with zero attached hydrogens (tertiary/aromatic N) is 2. The zero-order valence-electron chi connectivity index (χ0n) is 13.7. The number of aryl methyl sites for hydroxylation is 1. The molecule has 0 amide bonds. The molecule has 1 aliphatic rings. The number of hydrogen-bond donors (Lipinski definition) is 1. The maximum absolute atomic E-state index is 12.7. The number of benzene rings is 2. The number of aromatic nitrogens is 2. The third kappa shape index (κ3) is 2.63. The number of carboxylic acids is 1. The van der Waals surface area contributed by atoms with Gasteiger partial charge >= 0.3 is 5.97 Å². The van der Waals surface area contributed by atoms with Gasteiger partial charge in [-0.15, -0.1) is 0 Å². The maximum Gasteiger partial charge on any atom is 0.335 e. The molecule has 1 aliphatic heterocycles. The summed E-state index contributed by atoms with van der Waals surface area (Å²) in [4.78, 5) is 28.5. The molecule has 0 spiro atoms. The molecule has 4 rings (SSSR count). The molecule has 2 heterocycles. The lowest BCUT2D eigenvalue weighted by Gasteiger charge is -2.06. The van der Waals surface area contributed by atoms with Gasteiger partial charge in [0.05, 0.1) is 16.5 Å². The Labute approximate surface area is 143 Å². The Balaban J connectivity index is 1.87. The number of aromatic carboxylic acids is 1. The van der Waals surface area contributed by atoms with E-state index >= 15 is 0 Å². The second-order valence-corrected chi connectivity index (χ2v) is 6.26. The van der Waals surface area contributed by atoms with Crippen molar-refractivity contribution >= 4 is 28.5 Å². The van der Waals surface area contributed by atoms with Crippen molar-refractivity contribution in [1.29, 1.82) is 0 Å². The minimum absolute atomic E-state index is 0.0976. The lowest BCUT2D eigenvalue weighted by molar-refractivity contribution is 0.0697. The van der Waals surface area contributed by atoms with Gasteiger partial charge in [-0.25, -0.2) is 9.78 Å². The third-order valence-corrected chi connectivity index (χ3v) is 4.51. The highest BCUT2D eigenvalue weighted by Crippen LogP contribution is 2.27. The first kappa shape index (κ1) is 15.3. The average molecular weight is 332 g/mol. The van der Waals surface area contributed by atoms with Crippen LogP contribution >= 0.6 is 0 Å². The number of rotatable bonds is 2. The highest BCUT2D eigenvalue weighted by atomic mass is 16.4. The lowest BCUT2D eigenvalue weighted by atomic mass is 10.1. The highest BCUT2D eigenvalue weighted by molar-refractivity contribution is 5.93. The molecule has 0 fully saturated rings. The van der Waals surface area contributed by atoms with Crippen molar-refractivity contribution in [3.05, 3.63) is 75.3 Å². The Morgan fingerprint density at radius 3 is 2.68 bits per heavy atom. The Morgan fingerprint density at radius 1 is 1.20 bits per heavy atom. The molecule has 3 aromatic rings. The van der Waals surface area contributed by atoms with Gasteiger partial charge in [-0.05, 0) is 48.8 Å². The van der Waals surface area contributed by atoms with Crippen LogP contribution in [0.2, 0.25) is 0 Å². The van der Waals surface area contributed by atoms with E-state index in [4.69, 9.17) is 5.11 Å². The quantitative estimate of drug-likeness (QED) is 0.781. The van der Waals surface area contributed by atoms with Gasteiger partial charge in [-0.3, -0.25) is 9.36 Å². The number of carboxylic acid groups (broad SMARTS) is 1. The molecule has 0 saturated carbocycles. The Kier molecular flexibility index (Phi) is 3.50. The van der Waals surface area contributed by atoms with Crippen LogP contribution in [0.3, 0.4) is 0 Å². The van der Waals surface area contributed by atoms with Gasteiger partial charge in [0.15, 0.2) is 0 Å². The molecule has 0 unspecified atom stereocenters. The smallest absolute Gasteiger partial charge is 0.335 e. The fourth-order valence-electron chi connectivity index (χ4n) is 3.15. The van der Waals surface area contributed by atoms with Gasteiger partial charge in [-0.1, -0.05) is 29.8 Å². The minimum Gasteiger partial charge on any atom is -0.478 e. The summed E-state index contributed by atoms with van der Waals surface area (Å²) in [5.41, 5.74) is 3.73. The van der Waals surface area contributed by atoms with E-state index in [1.165, 1.54) is 17.7 Å². The molecule has 0 radical (unpaired) electrons. The van der Waals surface area contributed by atoms with Crippen molar-refractivity contribution in [2.45, 2.75) is 19.9 Å². The molecule has 0 aliphatic carbocycles. The summed E-state index contributed by atoms with van der Waals surface area (Å²) in [6.07, 6.45) is 2.79. The van der Waals surface area contributed by atoms with Crippen LogP contribution in [0.1, 0.15) is 33.7 Å². The Hall–Kier alpha value is -3.21. The number of fused-ring (bicyclic) bond motifs is 2. The zero-order valence-corrected chi connectivity index (χ0v) is 13.7. The van der Waals surface area contributed by atoms with Crippen molar-refractivity contribution in [3.8, 4) is 0 Å². The van der Waals surface area contributed by atoms with Crippen molar-refractivity contribution in [2.75, 3.05) is 0 Å². The van der Waals surface area contributed by atoms with E-state index in [-0.39, 0.29) is 11.1 Å². The molecule has 25 heavy (non-hydrogen) atoms. The van der Waals surface area contributed by atoms with Crippen LogP contribution in [0, 0.1) is 6.92 Å².